The number of carbonyl (C=O) groups is 1. The van der Waals surface area contributed by atoms with Crippen LogP contribution in [-0.2, 0) is 6.42 Å². The van der Waals surface area contributed by atoms with E-state index in [0.29, 0.717) is 41.8 Å². The minimum Gasteiger partial charge on any atom is -0.366 e. The number of carbonyl (C=O) groups excluding carboxylic acids is 1. The van der Waals surface area contributed by atoms with Gasteiger partial charge >= 0.3 is 0 Å². The predicted molar refractivity (Wildman–Crippen MR) is 116 cm³/mol. The molecule has 0 unspecified atom stereocenters. The monoisotopic (exact) mass is 409 g/mol. The zero-order chi connectivity index (χ0) is 20.6. The molecule has 0 radical (unpaired) electrons. The number of hydrogen-bond donors (Lipinski definition) is 4. The molecule has 6 nitrogen and oxygen atoms in total. The van der Waals surface area contributed by atoms with Crippen LogP contribution >= 0.6 is 10.6 Å². The molecule has 3 aromatic rings. The number of aromatic amines is 1. The van der Waals surface area contributed by atoms with Gasteiger partial charge in [0.2, 0.25) is 0 Å². The van der Waals surface area contributed by atoms with Crippen LogP contribution in [0.2, 0.25) is 0 Å². The molecule has 1 aromatic heterocycles. The van der Waals surface area contributed by atoms with Gasteiger partial charge < -0.3 is 10.7 Å². The maximum Gasteiger partial charge on any atom is 0.250 e. The molecule has 2 heterocycles. The van der Waals surface area contributed by atoms with E-state index in [0.717, 1.165) is 27.6 Å². The third-order valence-electron chi connectivity index (χ3n) is 5.66. The van der Waals surface area contributed by atoms with Crippen molar-refractivity contribution in [2.75, 3.05) is 11.5 Å². The summed E-state index contributed by atoms with van der Waals surface area (Å²) in [4.78, 5) is 15.3. The summed E-state index contributed by atoms with van der Waals surface area (Å²) in [6, 6.07) is 13.7. The van der Waals surface area contributed by atoms with Crippen molar-refractivity contribution in [2.24, 2.45) is 5.73 Å². The Morgan fingerprint density at radius 3 is 2.66 bits per heavy atom. The summed E-state index contributed by atoms with van der Waals surface area (Å²) in [7, 11) is -2.45. The van der Waals surface area contributed by atoms with Crippen molar-refractivity contribution in [3.63, 3.8) is 0 Å². The summed E-state index contributed by atoms with van der Waals surface area (Å²) in [6.45, 7) is 0. The van der Waals surface area contributed by atoms with E-state index in [1.54, 1.807) is 6.07 Å². The number of H-pyrrole nitrogens is 1. The molecule has 1 aliphatic heterocycles. The van der Waals surface area contributed by atoms with Gasteiger partial charge in [-0.05, 0) is 53.1 Å². The molecule has 0 atom stereocenters. The first-order valence-electron chi connectivity index (χ1n) is 9.52. The highest BCUT2D eigenvalue weighted by molar-refractivity contribution is 8.24. The lowest BCUT2D eigenvalue weighted by Gasteiger charge is -2.39. The van der Waals surface area contributed by atoms with Gasteiger partial charge in [0.1, 0.15) is 0 Å². The minimum absolute atomic E-state index is 0.199. The molecule has 1 amide bonds. The molecule has 150 valence electrons. The number of nitriles is 1. The molecule has 0 aliphatic carbocycles. The van der Waals surface area contributed by atoms with E-state index in [1.165, 1.54) is 0 Å². The maximum atomic E-state index is 12.1. The Kier molecular flexibility index (Phi) is 5.09. The van der Waals surface area contributed by atoms with E-state index < -0.39 is 16.5 Å². The molecule has 0 saturated carbocycles. The van der Waals surface area contributed by atoms with E-state index in [2.05, 4.69) is 11.1 Å². The van der Waals surface area contributed by atoms with Crippen LogP contribution in [0.1, 0.15) is 40.2 Å². The van der Waals surface area contributed by atoms with E-state index in [4.69, 9.17) is 11.0 Å². The third kappa shape index (κ3) is 3.87. The Morgan fingerprint density at radius 1 is 1.21 bits per heavy atom. The van der Waals surface area contributed by atoms with E-state index in [9.17, 15) is 13.9 Å². The normalized spacial score (nSPS) is 17.7. The van der Waals surface area contributed by atoms with Gasteiger partial charge in [0.25, 0.3) is 5.91 Å². The SMILES string of the molecule is N#CCc1cccc(-c2cc(C(N)=O)c3[nH]cc(C4CCS(O)(O)CC4)c3c2)c1. The fraction of sp³-hybridized carbons (Fsp3) is 0.273. The van der Waals surface area contributed by atoms with Gasteiger partial charge in [0.05, 0.1) is 23.6 Å². The van der Waals surface area contributed by atoms with Gasteiger partial charge in [-0.2, -0.15) is 15.9 Å². The van der Waals surface area contributed by atoms with Crippen molar-refractivity contribution < 1.29 is 13.9 Å². The number of fused-ring (bicyclic) bond motifs is 1. The Bertz CT molecular complexity index is 1120. The number of nitrogens with one attached hydrogen (secondary N) is 1. The maximum absolute atomic E-state index is 12.1. The summed E-state index contributed by atoms with van der Waals surface area (Å²) >= 11 is 0. The molecule has 1 aliphatic rings. The topological polar surface area (TPSA) is 123 Å². The van der Waals surface area contributed by atoms with Crippen LogP contribution in [0, 0.1) is 11.3 Å². The van der Waals surface area contributed by atoms with Crippen LogP contribution in [0.5, 0.6) is 0 Å². The fourth-order valence-corrected chi connectivity index (χ4v) is 5.65. The van der Waals surface area contributed by atoms with E-state index in [1.807, 2.05) is 36.5 Å². The second-order valence-electron chi connectivity index (χ2n) is 7.57. The zero-order valence-corrected chi connectivity index (χ0v) is 16.7. The second kappa shape index (κ2) is 7.56. The van der Waals surface area contributed by atoms with Crippen molar-refractivity contribution >= 4 is 27.4 Å². The molecule has 2 aromatic carbocycles. The van der Waals surface area contributed by atoms with Crippen molar-refractivity contribution in [3.8, 4) is 17.2 Å². The number of aromatic nitrogens is 1. The van der Waals surface area contributed by atoms with Gasteiger partial charge in [-0.1, -0.05) is 24.3 Å². The molecule has 5 N–H and O–H groups in total. The highest BCUT2D eigenvalue weighted by atomic mass is 32.3. The number of nitrogens with zero attached hydrogens (tertiary/aromatic N) is 1. The standard InChI is InChI=1S/C22H23N3O3S/c23-7-4-14-2-1-3-16(10-14)17-11-18-20(15-5-8-29(27,28)9-6-15)13-25-21(18)19(12-17)22(24)26/h1-3,10-13,15,25,27-28H,4-6,8-9H2,(H2,24,26). The Balaban J connectivity index is 1.82. The van der Waals surface area contributed by atoms with Gasteiger partial charge in [-0.25, -0.2) is 0 Å². The summed E-state index contributed by atoms with van der Waals surface area (Å²) in [6.07, 6.45) is 3.63. The molecule has 7 heteroatoms. The molecule has 1 fully saturated rings. The van der Waals surface area contributed by atoms with Crippen LogP contribution in [0.3, 0.4) is 0 Å². The fourth-order valence-electron chi connectivity index (χ4n) is 4.12. The van der Waals surface area contributed by atoms with Crippen LogP contribution in [0.15, 0.2) is 42.6 Å². The van der Waals surface area contributed by atoms with Crippen molar-refractivity contribution in [1.29, 1.82) is 5.26 Å². The highest BCUT2D eigenvalue weighted by Gasteiger charge is 2.27. The second-order valence-corrected chi connectivity index (χ2v) is 10.00. The first kappa shape index (κ1) is 19.5. The van der Waals surface area contributed by atoms with E-state index in [-0.39, 0.29) is 5.92 Å². The Hall–Kier alpha value is -2.79. The molecule has 1 saturated heterocycles. The average Bonchev–Trinajstić information content (AvgIpc) is 3.11. The molecule has 0 spiro atoms. The molecular weight excluding hydrogens is 386 g/mol. The quantitative estimate of drug-likeness (QED) is 0.501. The van der Waals surface area contributed by atoms with Crippen molar-refractivity contribution in [2.45, 2.75) is 25.2 Å². The van der Waals surface area contributed by atoms with Crippen molar-refractivity contribution in [1.82, 2.24) is 4.98 Å². The first-order chi connectivity index (χ1) is 13.9. The van der Waals surface area contributed by atoms with Crippen molar-refractivity contribution in [3.05, 3.63) is 59.3 Å². The number of rotatable bonds is 4. The zero-order valence-electron chi connectivity index (χ0n) is 15.9. The molecule has 29 heavy (non-hydrogen) atoms. The largest absolute Gasteiger partial charge is 0.366 e. The molecule has 0 bridgehead atoms. The van der Waals surface area contributed by atoms with Gasteiger partial charge in [-0.3, -0.25) is 13.9 Å². The van der Waals surface area contributed by atoms with Gasteiger partial charge in [0.15, 0.2) is 0 Å². The lowest BCUT2D eigenvalue weighted by atomic mass is 9.90. The lowest BCUT2D eigenvalue weighted by Crippen LogP contribution is -2.19. The minimum atomic E-state index is -2.45. The Morgan fingerprint density at radius 2 is 1.97 bits per heavy atom. The summed E-state index contributed by atoms with van der Waals surface area (Å²) in [5.41, 5.74) is 10.6. The van der Waals surface area contributed by atoms with Gasteiger partial charge in [0, 0.05) is 23.1 Å². The van der Waals surface area contributed by atoms with E-state index >= 15 is 0 Å². The van der Waals surface area contributed by atoms with Crippen LogP contribution < -0.4 is 5.73 Å². The Labute approximate surface area is 170 Å². The summed E-state index contributed by atoms with van der Waals surface area (Å²) in [5.74, 6) is 0.507. The van der Waals surface area contributed by atoms with Crippen LogP contribution in [0.4, 0.5) is 0 Å². The average molecular weight is 410 g/mol. The first-order valence-corrected chi connectivity index (χ1v) is 11.4. The number of nitrogens with two attached hydrogens (primary N) is 1. The summed E-state index contributed by atoms with van der Waals surface area (Å²) in [5, 5.41) is 9.92. The summed E-state index contributed by atoms with van der Waals surface area (Å²) < 4.78 is 19.9. The highest BCUT2D eigenvalue weighted by Crippen LogP contribution is 2.49. The number of benzene rings is 2. The number of amides is 1. The number of hydrogen-bond acceptors (Lipinski definition) is 4. The number of primary amides is 1. The molecule has 4 rings (SSSR count). The molecular formula is C22H23N3O3S. The lowest BCUT2D eigenvalue weighted by molar-refractivity contribution is 0.100. The smallest absolute Gasteiger partial charge is 0.250 e. The van der Waals surface area contributed by atoms with Gasteiger partial charge in [-0.15, -0.1) is 0 Å². The van der Waals surface area contributed by atoms with Crippen LogP contribution in [-0.4, -0.2) is 31.5 Å². The predicted octanol–water partition coefficient (Wildman–Crippen LogP) is 4.63. The van der Waals surface area contributed by atoms with Crippen LogP contribution in [0.25, 0.3) is 22.0 Å². The third-order valence-corrected chi connectivity index (χ3v) is 7.44.